The lowest BCUT2D eigenvalue weighted by molar-refractivity contribution is 0.643. The third-order valence-corrected chi connectivity index (χ3v) is 6.28. The van der Waals surface area contributed by atoms with Gasteiger partial charge in [-0.25, -0.2) is 15.0 Å². The van der Waals surface area contributed by atoms with Crippen molar-refractivity contribution in [3.05, 3.63) is 46.4 Å². The summed E-state index contributed by atoms with van der Waals surface area (Å²) in [4.78, 5) is 24.5. The van der Waals surface area contributed by atoms with Crippen molar-refractivity contribution in [1.29, 1.82) is 0 Å². The second-order valence-corrected chi connectivity index (χ2v) is 8.12. The molecule has 0 radical (unpaired) electrons. The molecule has 0 aliphatic carbocycles. The van der Waals surface area contributed by atoms with Crippen molar-refractivity contribution in [2.75, 3.05) is 36.0 Å². The van der Waals surface area contributed by atoms with E-state index in [2.05, 4.69) is 47.5 Å². The highest BCUT2D eigenvalue weighted by molar-refractivity contribution is 7.15. The highest BCUT2D eigenvalue weighted by Gasteiger charge is 2.23. The topological polar surface area (TPSA) is 58.0 Å². The summed E-state index contributed by atoms with van der Waals surface area (Å²) in [5, 5.41) is 1.14. The molecule has 0 atom stereocenters. The lowest BCUT2D eigenvalue weighted by atomic mass is 10.2. The number of hydrogen-bond acceptors (Lipinski definition) is 7. The van der Waals surface area contributed by atoms with Crippen LogP contribution in [0.15, 0.2) is 24.5 Å². The van der Waals surface area contributed by atoms with Crippen LogP contribution in [0, 0.1) is 27.7 Å². The minimum absolute atomic E-state index is 0.745. The van der Waals surface area contributed by atoms with Crippen molar-refractivity contribution < 1.29 is 0 Å². The fourth-order valence-electron chi connectivity index (χ4n) is 3.25. The number of aromatic nitrogens is 4. The van der Waals surface area contributed by atoms with Crippen LogP contribution in [0.2, 0.25) is 0 Å². The largest absolute Gasteiger partial charge is 0.353 e. The van der Waals surface area contributed by atoms with Gasteiger partial charge in [0.1, 0.15) is 5.82 Å². The van der Waals surface area contributed by atoms with Gasteiger partial charge in [0.25, 0.3) is 0 Å². The van der Waals surface area contributed by atoms with Gasteiger partial charge in [-0.1, -0.05) is 0 Å². The Balaban J connectivity index is 1.56. The molecule has 1 saturated heterocycles. The van der Waals surface area contributed by atoms with Crippen molar-refractivity contribution in [2.45, 2.75) is 27.7 Å². The molecule has 0 spiro atoms. The third kappa shape index (κ3) is 3.51. The summed E-state index contributed by atoms with van der Waals surface area (Å²) in [6.07, 6.45) is 3.59. The molecule has 0 saturated carbocycles. The Labute approximate surface area is 163 Å². The van der Waals surface area contributed by atoms with Gasteiger partial charge in [0.15, 0.2) is 11.0 Å². The molecular formula is C20H24N6S. The Morgan fingerprint density at radius 1 is 0.889 bits per heavy atom. The SMILES string of the molecule is Cc1nc(N2CCN(c3nc(-c4cccnc4)nc(C)c3C)CC2)sc1C. The molecule has 0 N–H and O–H groups in total. The molecule has 1 aliphatic rings. The van der Waals surface area contributed by atoms with E-state index in [1.807, 2.05) is 18.3 Å². The maximum Gasteiger partial charge on any atom is 0.185 e. The van der Waals surface area contributed by atoms with E-state index in [0.29, 0.717) is 0 Å². The van der Waals surface area contributed by atoms with Crippen LogP contribution in [0.4, 0.5) is 10.9 Å². The van der Waals surface area contributed by atoms with Crippen molar-refractivity contribution in [2.24, 2.45) is 0 Å². The number of pyridine rings is 1. The predicted octanol–water partition coefficient (Wildman–Crippen LogP) is 3.56. The van der Waals surface area contributed by atoms with Gasteiger partial charge in [-0.15, -0.1) is 11.3 Å². The van der Waals surface area contributed by atoms with Gasteiger partial charge in [-0.2, -0.15) is 0 Å². The molecule has 1 aliphatic heterocycles. The lowest BCUT2D eigenvalue weighted by Gasteiger charge is -2.36. The minimum atomic E-state index is 0.745. The zero-order valence-corrected chi connectivity index (χ0v) is 17.0. The summed E-state index contributed by atoms with van der Waals surface area (Å²) in [6.45, 7) is 12.2. The number of piperazine rings is 1. The van der Waals surface area contributed by atoms with Gasteiger partial charge in [-0.3, -0.25) is 4.98 Å². The van der Waals surface area contributed by atoms with E-state index in [-0.39, 0.29) is 0 Å². The summed E-state index contributed by atoms with van der Waals surface area (Å²) in [5.74, 6) is 1.78. The average Bonchev–Trinajstić information content (AvgIpc) is 3.03. The van der Waals surface area contributed by atoms with Crippen LogP contribution in [0.1, 0.15) is 21.8 Å². The molecular weight excluding hydrogens is 356 g/mol. The Kier molecular flexibility index (Phi) is 4.78. The Hall–Kier alpha value is -2.54. The molecule has 4 heterocycles. The van der Waals surface area contributed by atoms with E-state index >= 15 is 0 Å². The van der Waals surface area contributed by atoms with E-state index in [4.69, 9.17) is 9.97 Å². The first kappa shape index (κ1) is 17.9. The number of rotatable bonds is 3. The maximum atomic E-state index is 4.89. The normalized spacial score (nSPS) is 14.7. The second-order valence-electron chi connectivity index (χ2n) is 6.94. The Morgan fingerprint density at radius 2 is 1.63 bits per heavy atom. The van der Waals surface area contributed by atoms with Crippen LogP contribution in [0.5, 0.6) is 0 Å². The molecule has 7 heteroatoms. The fourth-order valence-corrected chi connectivity index (χ4v) is 4.21. The van der Waals surface area contributed by atoms with Crippen LogP contribution in [-0.4, -0.2) is 46.1 Å². The number of aryl methyl sites for hydroxylation is 3. The summed E-state index contributed by atoms with van der Waals surface area (Å²) >= 11 is 1.79. The molecule has 3 aromatic heterocycles. The zero-order valence-electron chi connectivity index (χ0n) is 16.2. The van der Waals surface area contributed by atoms with Crippen LogP contribution < -0.4 is 9.80 Å². The zero-order chi connectivity index (χ0) is 19.0. The van der Waals surface area contributed by atoms with Gasteiger partial charge in [0, 0.05) is 60.3 Å². The van der Waals surface area contributed by atoms with Crippen molar-refractivity contribution in [3.63, 3.8) is 0 Å². The Bertz CT molecular complexity index is 925. The van der Waals surface area contributed by atoms with Gasteiger partial charge < -0.3 is 9.80 Å². The van der Waals surface area contributed by atoms with Gasteiger partial charge in [-0.05, 0) is 39.8 Å². The van der Waals surface area contributed by atoms with E-state index in [1.54, 1.807) is 17.5 Å². The molecule has 3 aromatic rings. The van der Waals surface area contributed by atoms with E-state index in [9.17, 15) is 0 Å². The van der Waals surface area contributed by atoms with Crippen molar-refractivity contribution >= 4 is 22.3 Å². The minimum Gasteiger partial charge on any atom is -0.353 e. The first-order chi connectivity index (χ1) is 13.0. The molecule has 0 bridgehead atoms. The summed E-state index contributed by atoms with van der Waals surface area (Å²) in [5.41, 5.74) is 4.26. The smallest absolute Gasteiger partial charge is 0.185 e. The maximum absolute atomic E-state index is 4.89. The molecule has 27 heavy (non-hydrogen) atoms. The highest BCUT2D eigenvalue weighted by Crippen LogP contribution is 2.28. The fraction of sp³-hybridized carbons (Fsp3) is 0.400. The number of thiazole rings is 1. The first-order valence-electron chi connectivity index (χ1n) is 9.22. The number of nitrogens with zero attached hydrogens (tertiary/aromatic N) is 6. The van der Waals surface area contributed by atoms with Gasteiger partial charge >= 0.3 is 0 Å². The van der Waals surface area contributed by atoms with Crippen LogP contribution in [0.3, 0.4) is 0 Å². The summed E-state index contributed by atoms with van der Waals surface area (Å²) in [6, 6.07) is 3.93. The molecule has 6 nitrogen and oxygen atoms in total. The number of anilines is 2. The molecule has 140 valence electrons. The predicted molar refractivity (Wildman–Crippen MR) is 111 cm³/mol. The standard InChI is InChI=1S/C20H24N6S/c1-13-14(2)22-18(17-6-5-7-21-12-17)24-19(13)25-8-10-26(11-9-25)20-23-15(3)16(4)27-20/h5-7,12H,8-11H2,1-4H3. The summed E-state index contributed by atoms with van der Waals surface area (Å²) in [7, 11) is 0. The third-order valence-electron chi connectivity index (χ3n) is 5.15. The Morgan fingerprint density at radius 3 is 2.26 bits per heavy atom. The van der Waals surface area contributed by atoms with E-state index in [1.165, 1.54) is 4.88 Å². The molecule has 1 fully saturated rings. The van der Waals surface area contributed by atoms with E-state index < -0.39 is 0 Å². The highest BCUT2D eigenvalue weighted by atomic mass is 32.1. The quantitative estimate of drug-likeness (QED) is 0.692. The molecule has 0 unspecified atom stereocenters. The van der Waals surface area contributed by atoms with Gasteiger partial charge in [0.2, 0.25) is 0 Å². The summed E-state index contributed by atoms with van der Waals surface area (Å²) < 4.78 is 0. The van der Waals surface area contributed by atoms with Crippen LogP contribution in [0.25, 0.3) is 11.4 Å². The number of hydrogen-bond donors (Lipinski definition) is 0. The second kappa shape index (κ2) is 7.23. The van der Waals surface area contributed by atoms with Crippen molar-refractivity contribution in [3.8, 4) is 11.4 Å². The molecule has 4 rings (SSSR count). The first-order valence-corrected chi connectivity index (χ1v) is 10.0. The molecule has 0 aromatic carbocycles. The molecule has 0 amide bonds. The van der Waals surface area contributed by atoms with Crippen LogP contribution >= 0.6 is 11.3 Å². The van der Waals surface area contributed by atoms with E-state index in [0.717, 1.165) is 65.5 Å². The van der Waals surface area contributed by atoms with Crippen molar-refractivity contribution in [1.82, 2.24) is 19.9 Å². The lowest BCUT2D eigenvalue weighted by Crippen LogP contribution is -2.47. The van der Waals surface area contributed by atoms with Gasteiger partial charge in [0.05, 0.1) is 5.69 Å². The van der Waals surface area contributed by atoms with Crippen LogP contribution in [-0.2, 0) is 0 Å². The average molecular weight is 381 g/mol. The monoisotopic (exact) mass is 380 g/mol.